The van der Waals surface area contributed by atoms with Crippen LogP contribution in [0.15, 0.2) is 6.20 Å². The molecule has 1 aromatic heterocycles. The van der Waals surface area contributed by atoms with Gasteiger partial charge >= 0.3 is 0 Å². The molecule has 0 saturated carbocycles. The summed E-state index contributed by atoms with van der Waals surface area (Å²) in [6, 6.07) is 0. The molecule has 1 rings (SSSR count). The molecule has 0 unspecified atom stereocenters. The van der Waals surface area contributed by atoms with Gasteiger partial charge in [-0.1, -0.05) is 20.8 Å². The summed E-state index contributed by atoms with van der Waals surface area (Å²) in [6.45, 7) is 10.9. The maximum atomic E-state index is 4.49. The van der Waals surface area contributed by atoms with Gasteiger partial charge in [-0.05, 0) is 42.9 Å². The fourth-order valence-electron chi connectivity index (χ4n) is 1.92. The molecule has 0 N–H and O–H groups in total. The summed E-state index contributed by atoms with van der Waals surface area (Å²) in [6.07, 6.45) is 3.11. The predicted molar refractivity (Wildman–Crippen MR) is 57.2 cm³/mol. The molecule has 1 nitrogen and oxygen atoms in total. The molecular weight excluding hydrogens is 158 g/mol. The van der Waals surface area contributed by atoms with Crippen LogP contribution in [0.4, 0.5) is 0 Å². The number of rotatable bonds is 2. The van der Waals surface area contributed by atoms with Crippen LogP contribution in [0.1, 0.15) is 49.1 Å². The minimum absolute atomic E-state index is 0.533. The summed E-state index contributed by atoms with van der Waals surface area (Å²) in [7, 11) is 0. The first-order valence-electron chi connectivity index (χ1n) is 5.02. The number of aryl methyl sites for hydroxylation is 1. The highest BCUT2D eigenvalue weighted by Crippen LogP contribution is 2.22. The van der Waals surface area contributed by atoms with Gasteiger partial charge in [0.15, 0.2) is 0 Å². The lowest BCUT2D eigenvalue weighted by molar-refractivity contribution is 0.801. The third-order valence-corrected chi connectivity index (χ3v) is 2.61. The Balaban J connectivity index is 3.27. The minimum atomic E-state index is 0.533. The molecule has 0 aliphatic carbocycles. The van der Waals surface area contributed by atoms with E-state index >= 15 is 0 Å². The lowest BCUT2D eigenvalue weighted by Crippen LogP contribution is -2.02. The van der Waals surface area contributed by atoms with Gasteiger partial charge in [-0.25, -0.2) is 0 Å². The average Bonchev–Trinajstić information content (AvgIpc) is 2.04. The Morgan fingerprint density at radius 1 is 1.31 bits per heavy atom. The molecule has 0 bridgehead atoms. The van der Waals surface area contributed by atoms with Gasteiger partial charge in [0.25, 0.3) is 0 Å². The first-order valence-corrected chi connectivity index (χ1v) is 5.02. The van der Waals surface area contributed by atoms with Gasteiger partial charge in [-0.2, -0.15) is 0 Å². The van der Waals surface area contributed by atoms with Gasteiger partial charge in [0.05, 0.1) is 0 Å². The normalized spacial score (nSPS) is 10.9. The monoisotopic (exact) mass is 177 g/mol. The van der Waals surface area contributed by atoms with E-state index in [0.717, 1.165) is 6.42 Å². The van der Waals surface area contributed by atoms with Gasteiger partial charge in [-0.3, -0.25) is 4.98 Å². The molecule has 1 aromatic rings. The second-order valence-corrected chi connectivity index (χ2v) is 3.94. The SMILES string of the molecule is CCc1c(C)cnc(C(C)C)c1C. The van der Waals surface area contributed by atoms with Crippen molar-refractivity contribution in [1.29, 1.82) is 0 Å². The van der Waals surface area contributed by atoms with Crippen LogP contribution in [0.25, 0.3) is 0 Å². The van der Waals surface area contributed by atoms with E-state index in [1.165, 1.54) is 22.4 Å². The third-order valence-electron chi connectivity index (χ3n) is 2.61. The largest absolute Gasteiger partial charge is 0.260 e. The van der Waals surface area contributed by atoms with Crippen LogP contribution in [-0.2, 0) is 6.42 Å². The van der Waals surface area contributed by atoms with Crippen LogP contribution in [0.5, 0.6) is 0 Å². The molecule has 0 saturated heterocycles. The summed E-state index contributed by atoms with van der Waals surface area (Å²) in [5, 5.41) is 0. The van der Waals surface area contributed by atoms with Gasteiger partial charge in [0.1, 0.15) is 0 Å². The van der Waals surface area contributed by atoms with Crippen molar-refractivity contribution in [2.75, 3.05) is 0 Å². The highest BCUT2D eigenvalue weighted by molar-refractivity contribution is 5.36. The van der Waals surface area contributed by atoms with Crippen LogP contribution < -0.4 is 0 Å². The Bertz CT molecular complexity index is 300. The zero-order valence-corrected chi connectivity index (χ0v) is 9.31. The molecule has 13 heavy (non-hydrogen) atoms. The zero-order valence-electron chi connectivity index (χ0n) is 9.31. The summed E-state index contributed by atoms with van der Waals surface area (Å²) in [4.78, 5) is 4.49. The van der Waals surface area contributed by atoms with E-state index in [-0.39, 0.29) is 0 Å². The maximum Gasteiger partial charge on any atom is 0.0461 e. The topological polar surface area (TPSA) is 12.9 Å². The molecular formula is C12H19N. The smallest absolute Gasteiger partial charge is 0.0461 e. The molecule has 0 aliphatic heterocycles. The van der Waals surface area contributed by atoms with Gasteiger partial charge in [0, 0.05) is 11.9 Å². The molecule has 0 spiro atoms. The molecule has 0 atom stereocenters. The van der Waals surface area contributed by atoms with E-state index in [4.69, 9.17) is 0 Å². The molecule has 0 radical (unpaired) electrons. The lowest BCUT2D eigenvalue weighted by Gasteiger charge is -2.14. The average molecular weight is 177 g/mol. The summed E-state index contributed by atoms with van der Waals surface area (Å²) in [5.74, 6) is 0.533. The Morgan fingerprint density at radius 2 is 1.92 bits per heavy atom. The molecule has 72 valence electrons. The van der Waals surface area contributed by atoms with Gasteiger partial charge in [-0.15, -0.1) is 0 Å². The molecule has 0 amide bonds. The quantitative estimate of drug-likeness (QED) is 0.674. The molecule has 0 fully saturated rings. The second kappa shape index (κ2) is 3.91. The minimum Gasteiger partial charge on any atom is -0.260 e. The predicted octanol–water partition coefficient (Wildman–Crippen LogP) is 3.38. The lowest BCUT2D eigenvalue weighted by atomic mass is 9.96. The van der Waals surface area contributed by atoms with Crippen LogP contribution in [0.3, 0.4) is 0 Å². The fraction of sp³-hybridized carbons (Fsp3) is 0.583. The summed E-state index contributed by atoms with van der Waals surface area (Å²) < 4.78 is 0. The molecule has 1 heteroatoms. The highest BCUT2D eigenvalue weighted by Gasteiger charge is 2.09. The van der Waals surface area contributed by atoms with Crippen LogP contribution in [0.2, 0.25) is 0 Å². The standard InChI is InChI=1S/C12H19N/c1-6-11-9(4)7-13-12(8(2)3)10(11)5/h7-8H,6H2,1-5H3. The Kier molecular flexibility index (Phi) is 3.07. The molecule has 0 aliphatic rings. The number of aromatic nitrogens is 1. The maximum absolute atomic E-state index is 4.49. The van der Waals surface area contributed by atoms with Crippen LogP contribution >= 0.6 is 0 Å². The Hall–Kier alpha value is -0.850. The number of pyridine rings is 1. The van der Waals surface area contributed by atoms with E-state index in [0.29, 0.717) is 5.92 Å². The zero-order chi connectivity index (χ0) is 10.0. The first kappa shape index (κ1) is 10.2. The van der Waals surface area contributed by atoms with E-state index in [2.05, 4.69) is 39.6 Å². The highest BCUT2D eigenvalue weighted by atomic mass is 14.7. The van der Waals surface area contributed by atoms with Crippen molar-refractivity contribution >= 4 is 0 Å². The van der Waals surface area contributed by atoms with E-state index in [9.17, 15) is 0 Å². The van der Waals surface area contributed by atoms with E-state index in [1.54, 1.807) is 0 Å². The summed E-state index contributed by atoms with van der Waals surface area (Å²) in [5.41, 5.74) is 5.43. The Labute approximate surface area is 81.2 Å². The summed E-state index contributed by atoms with van der Waals surface area (Å²) >= 11 is 0. The van der Waals surface area contributed by atoms with Gasteiger partial charge in [0.2, 0.25) is 0 Å². The number of nitrogens with zero attached hydrogens (tertiary/aromatic N) is 1. The van der Waals surface area contributed by atoms with Crippen LogP contribution in [-0.4, -0.2) is 4.98 Å². The number of hydrogen-bond donors (Lipinski definition) is 0. The van der Waals surface area contributed by atoms with Crippen LogP contribution in [0, 0.1) is 13.8 Å². The van der Waals surface area contributed by atoms with Crippen molar-refractivity contribution < 1.29 is 0 Å². The van der Waals surface area contributed by atoms with E-state index in [1.807, 2.05) is 6.20 Å². The second-order valence-electron chi connectivity index (χ2n) is 3.94. The van der Waals surface area contributed by atoms with Gasteiger partial charge < -0.3 is 0 Å². The van der Waals surface area contributed by atoms with Crippen molar-refractivity contribution in [1.82, 2.24) is 4.98 Å². The third kappa shape index (κ3) is 1.90. The van der Waals surface area contributed by atoms with Crippen molar-refractivity contribution in [3.8, 4) is 0 Å². The molecule has 0 aromatic carbocycles. The molecule has 1 heterocycles. The van der Waals surface area contributed by atoms with E-state index < -0.39 is 0 Å². The van der Waals surface area contributed by atoms with Crippen molar-refractivity contribution in [3.05, 3.63) is 28.6 Å². The Morgan fingerprint density at radius 3 is 2.38 bits per heavy atom. The first-order chi connectivity index (χ1) is 6.07. The fourth-order valence-corrected chi connectivity index (χ4v) is 1.92. The van der Waals surface area contributed by atoms with Crippen molar-refractivity contribution in [2.24, 2.45) is 0 Å². The van der Waals surface area contributed by atoms with Crippen molar-refractivity contribution in [2.45, 2.75) is 47.0 Å². The van der Waals surface area contributed by atoms with Crippen molar-refractivity contribution in [3.63, 3.8) is 0 Å². The number of hydrogen-bond acceptors (Lipinski definition) is 1.